The fourth-order valence-corrected chi connectivity index (χ4v) is 8.81. The van der Waals surface area contributed by atoms with E-state index in [2.05, 4.69) is 15.9 Å². The highest BCUT2D eigenvalue weighted by Crippen LogP contribution is 2.49. The van der Waals surface area contributed by atoms with Gasteiger partial charge < -0.3 is 9.80 Å². The molecule has 0 aromatic heterocycles. The molecule has 50 heavy (non-hydrogen) atoms. The second kappa shape index (κ2) is 14.1. The van der Waals surface area contributed by atoms with Crippen molar-refractivity contribution in [2.45, 2.75) is 67.2 Å². The summed E-state index contributed by atoms with van der Waals surface area (Å²) in [6, 6.07) is 7.89. The molecule has 0 aliphatic carbocycles. The SMILES string of the molecule is CC1(C)/C(=C/C=C(Br)/C=C/C2N(CCCS(=O)(=O)O)c3ccc(S(=O)(=O)O)cc3C2(C)C)N(CCCS(=O)(=O)O)c2ccc(S(=O)(=O)O)cc21. The van der Waals surface area contributed by atoms with E-state index in [-0.39, 0.29) is 35.7 Å². The first kappa shape index (κ1) is 40.2. The summed E-state index contributed by atoms with van der Waals surface area (Å²) in [6.45, 7) is 7.79. The maximum atomic E-state index is 11.9. The van der Waals surface area contributed by atoms with Crippen molar-refractivity contribution in [3.05, 3.63) is 82.0 Å². The van der Waals surface area contributed by atoms with Gasteiger partial charge in [0.15, 0.2) is 0 Å². The van der Waals surface area contributed by atoms with Crippen molar-refractivity contribution >= 4 is 67.8 Å². The molecular formula is C31H39BrN2O12S4. The third-order valence-corrected chi connectivity index (χ3v) is 12.8. The number of allylic oxidation sites excluding steroid dienone is 5. The summed E-state index contributed by atoms with van der Waals surface area (Å²) in [5, 5.41) is 0. The number of hydrogen-bond donors (Lipinski definition) is 4. The number of rotatable bonds is 13. The predicted octanol–water partition coefficient (Wildman–Crippen LogP) is 4.72. The first-order chi connectivity index (χ1) is 22.7. The van der Waals surface area contributed by atoms with Crippen LogP contribution in [0.5, 0.6) is 0 Å². The average Bonchev–Trinajstić information content (AvgIpc) is 3.30. The van der Waals surface area contributed by atoms with Gasteiger partial charge in [-0.1, -0.05) is 49.7 Å². The molecule has 2 aliphatic rings. The fraction of sp³-hybridized carbons (Fsp3) is 0.419. The van der Waals surface area contributed by atoms with Crippen molar-refractivity contribution in [1.29, 1.82) is 0 Å². The minimum atomic E-state index is -4.51. The monoisotopic (exact) mass is 838 g/mol. The molecule has 0 amide bonds. The zero-order valence-electron chi connectivity index (χ0n) is 27.6. The Kier molecular flexibility index (Phi) is 11.3. The maximum absolute atomic E-state index is 11.9. The Labute approximate surface area is 301 Å². The second-order valence-electron chi connectivity index (χ2n) is 13.2. The van der Waals surface area contributed by atoms with Crippen LogP contribution in [0.2, 0.25) is 0 Å². The van der Waals surface area contributed by atoms with Crippen LogP contribution in [0.1, 0.15) is 51.7 Å². The van der Waals surface area contributed by atoms with E-state index in [0.717, 1.165) is 0 Å². The van der Waals surface area contributed by atoms with Gasteiger partial charge in [-0.15, -0.1) is 0 Å². The number of halogens is 1. The molecule has 2 aromatic rings. The van der Waals surface area contributed by atoms with Crippen molar-refractivity contribution in [3.63, 3.8) is 0 Å². The lowest BCUT2D eigenvalue weighted by Gasteiger charge is -2.32. The van der Waals surface area contributed by atoms with Gasteiger partial charge in [0.2, 0.25) is 0 Å². The first-order valence-electron chi connectivity index (χ1n) is 15.2. The van der Waals surface area contributed by atoms with Crippen molar-refractivity contribution in [2.75, 3.05) is 34.4 Å². The maximum Gasteiger partial charge on any atom is 0.294 e. The molecule has 0 saturated carbocycles. The summed E-state index contributed by atoms with van der Waals surface area (Å²) in [5.74, 6) is -0.982. The first-order valence-corrected chi connectivity index (χ1v) is 22.1. The largest absolute Gasteiger partial charge is 0.364 e. The molecule has 2 aliphatic heterocycles. The van der Waals surface area contributed by atoms with Gasteiger partial charge >= 0.3 is 0 Å². The third kappa shape index (κ3) is 9.05. The summed E-state index contributed by atoms with van der Waals surface area (Å²) >= 11 is 3.55. The van der Waals surface area contributed by atoms with Gasteiger partial charge in [0, 0.05) is 45.5 Å². The standard InChI is InChI=1S/C31H39BrN2O12S4/c1-30(2)24-19-22(49(41,42)43)9-11-26(24)33(15-5-17-47(35,36)37)28(30)13-7-21(32)8-14-29-31(3,4)25-20-23(50(44,45)46)10-12-27(25)34(29)16-6-18-48(38,39)40/h7-14,19-20,28H,5-6,15-18H2,1-4H3,(H,35,36,37)(H,38,39,40)(H,41,42,43)(H,44,45,46)/b13-7+,21-8-,29-14-. The smallest absolute Gasteiger partial charge is 0.294 e. The molecule has 0 radical (unpaired) electrons. The molecule has 19 heteroatoms. The van der Waals surface area contributed by atoms with Crippen molar-refractivity contribution in [2.24, 2.45) is 0 Å². The van der Waals surface area contributed by atoms with E-state index in [1.807, 2.05) is 43.6 Å². The van der Waals surface area contributed by atoms with Crippen LogP contribution in [-0.4, -0.2) is 82.5 Å². The lowest BCUT2D eigenvalue weighted by Crippen LogP contribution is -2.40. The highest BCUT2D eigenvalue weighted by atomic mass is 79.9. The van der Waals surface area contributed by atoms with Crippen LogP contribution in [0.25, 0.3) is 0 Å². The Balaban J connectivity index is 1.72. The average molecular weight is 840 g/mol. The number of nitrogens with zero attached hydrogens (tertiary/aromatic N) is 2. The van der Waals surface area contributed by atoms with Crippen LogP contribution in [-0.2, 0) is 51.3 Å². The third-order valence-electron chi connectivity index (χ3n) is 8.93. The number of anilines is 2. The van der Waals surface area contributed by atoms with E-state index in [1.165, 1.54) is 30.3 Å². The van der Waals surface area contributed by atoms with E-state index in [9.17, 15) is 51.9 Å². The van der Waals surface area contributed by atoms with Gasteiger partial charge in [-0.3, -0.25) is 18.2 Å². The van der Waals surface area contributed by atoms with Gasteiger partial charge in [-0.25, -0.2) is 0 Å². The Hall–Kier alpha value is -2.62. The summed E-state index contributed by atoms with van der Waals surface area (Å²) in [5.41, 5.74) is 1.52. The molecule has 1 atom stereocenters. The van der Waals surface area contributed by atoms with Gasteiger partial charge in [0.05, 0.1) is 27.3 Å². The summed E-state index contributed by atoms with van der Waals surface area (Å²) in [4.78, 5) is 3.12. The van der Waals surface area contributed by atoms with Crippen LogP contribution in [0, 0.1) is 0 Å². The molecule has 14 nitrogen and oxygen atoms in total. The van der Waals surface area contributed by atoms with E-state index in [0.29, 0.717) is 32.7 Å². The van der Waals surface area contributed by atoms with Crippen LogP contribution < -0.4 is 9.80 Å². The Morgan fingerprint density at radius 3 is 1.78 bits per heavy atom. The number of benzene rings is 2. The van der Waals surface area contributed by atoms with Crippen LogP contribution >= 0.6 is 15.9 Å². The van der Waals surface area contributed by atoms with Crippen molar-refractivity contribution in [1.82, 2.24) is 0 Å². The normalized spacial score (nSPS) is 20.1. The van der Waals surface area contributed by atoms with E-state index in [1.54, 1.807) is 24.3 Å². The molecule has 2 heterocycles. The van der Waals surface area contributed by atoms with E-state index in [4.69, 9.17) is 0 Å². The Bertz CT molecular complexity index is 2210. The molecule has 0 fully saturated rings. The minimum Gasteiger partial charge on any atom is -0.364 e. The fourth-order valence-electron chi connectivity index (χ4n) is 6.52. The Morgan fingerprint density at radius 2 is 1.26 bits per heavy atom. The van der Waals surface area contributed by atoms with Gasteiger partial charge in [-0.2, -0.15) is 33.7 Å². The molecular weight excluding hydrogens is 801 g/mol. The summed E-state index contributed by atoms with van der Waals surface area (Å²) < 4.78 is 132. The van der Waals surface area contributed by atoms with E-state index >= 15 is 0 Å². The van der Waals surface area contributed by atoms with Gasteiger partial charge in [0.25, 0.3) is 40.5 Å². The minimum absolute atomic E-state index is 0.0561. The predicted molar refractivity (Wildman–Crippen MR) is 193 cm³/mol. The van der Waals surface area contributed by atoms with E-state index < -0.39 is 68.9 Å². The molecule has 2 aromatic carbocycles. The quantitative estimate of drug-likeness (QED) is 0.158. The molecule has 0 bridgehead atoms. The van der Waals surface area contributed by atoms with Crippen LogP contribution in [0.3, 0.4) is 0 Å². The highest BCUT2D eigenvalue weighted by molar-refractivity contribution is 9.11. The lowest BCUT2D eigenvalue weighted by molar-refractivity contribution is 0.466. The van der Waals surface area contributed by atoms with Crippen LogP contribution in [0.4, 0.5) is 11.4 Å². The van der Waals surface area contributed by atoms with Gasteiger partial charge in [0.1, 0.15) is 0 Å². The topological polar surface area (TPSA) is 224 Å². The zero-order valence-corrected chi connectivity index (χ0v) is 32.4. The Morgan fingerprint density at radius 1 is 0.760 bits per heavy atom. The molecule has 1 unspecified atom stereocenters. The highest BCUT2D eigenvalue weighted by Gasteiger charge is 2.44. The van der Waals surface area contributed by atoms with Crippen molar-refractivity contribution < 1.29 is 51.9 Å². The number of fused-ring (bicyclic) bond motifs is 2. The zero-order chi connectivity index (χ0) is 37.7. The lowest BCUT2D eigenvalue weighted by atomic mass is 9.80. The second-order valence-corrected chi connectivity index (χ2v) is 20.1. The molecule has 276 valence electrons. The molecule has 0 spiro atoms. The number of hydrogen-bond acceptors (Lipinski definition) is 10. The summed E-state index contributed by atoms with van der Waals surface area (Å²) in [7, 11) is -17.5. The molecule has 0 saturated heterocycles. The van der Waals surface area contributed by atoms with Gasteiger partial charge in [-0.05, 0) is 78.6 Å². The molecule has 4 N–H and O–H groups in total. The van der Waals surface area contributed by atoms with Crippen LogP contribution in [0.15, 0.2) is 80.7 Å². The molecule has 4 rings (SSSR count). The van der Waals surface area contributed by atoms with Crippen molar-refractivity contribution in [3.8, 4) is 0 Å². The summed E-state index contributed by atoms with van der Waals surface area (Å²) in [6.07, 6.45) is 7.23.